The van der Waals surface area contributed by atoms with E-state index >= 15 is 0 Å². The van der Waals surface area contributed by atoms with Gasteiger partial charge in [0.2, 0.25) is 5.91 Å². The number of halogens is 1. The maximum atomic E-state index is 11.9. The first-order valence-corrected chi connectivity index (χ1v) is 6.39. The Balaban J connectivity index is 0.00000289. The highest BCUT2D eigenvalue weighted by Gasteiger charge is 2.27. The Morgan fingerprint density at radius 1 is 1.39 bits per heavy atom. The lowest BCUT2D eigenvalue weighted by molar-refractivity contribution is -0.137. The summed E-state index contributed by atoms with van der Waals surface area (Å²) in [4.78, 5) is 13.8. The van der Waals surface area contributed by atoms with E-state index in [-0.39, 0.29) is 24.9 Å². The summed E-state index contributed by atoms with van der Waals surface area (Å²) in [5.74, 6) is 0.0965. The number of hydrogen-bond donors (Lipinski definition) is 1. The van der Waals surface area contributed by atoms with E-state index in [1.807, 2.05) is 18.9 Å². The van der Waals surface area contributed by atoms with Crippen LogP contribution in [0.5, 0.6) is 0 Å². The van der Waals surface area contributed by atoms with Crippen molar-refractivity contribution in [1.82, 2.24) is 10.2 Å². The summed E-state index contributed by atoms with van der Waals surface area (Å²) in [6, 6.07) is 0.336. The molecule has 1 heterocycles. The monoisotopic (exact) mass is 280 g/mol. The molecule has 0 aromatic carbocycles. The Morgan fingerprint density at radius 2 is 2.11 bits per heavy atom. The highest BCUT2D eigenvalue weighted by Crippen LogP contribution is 2.16. The standard InChI is InChI=1S/C12H24N2O3.ClH/c1-3-16-7-8-17-10-12(15)14-6-4-5-11(14)9-13-2;/h11,13H,3-10H2,1-2H3;1H. The predicted octanol–water partition coefficient (Wildman–Crippen LogP) is 0.672. The van der Waals surface area contributed by atoms with Gasteiger partial charge in [0.05, 0.1) is 13.2 Å². The quantitative estimate of drug-likeness (QED) is 0.664. The van der Waals surface area contributed by atoms with Crippen molar-refractivity contribution in [1.29, 1.82) is 0 Å². The molecule has 6 heteroatoms. The topological polar surface area (TPSA) is 50.8 Å². The lowest BCUT2D eigenvalue weighted by Gasteiger charge is -2.24. The summed E-state index contributed by atoms with van der Waals surface area (Å²) in [7, 11) is 1.92. The van der Waals surface area contributed by atoms with Gasteiger partial charge in [-0.1, -0.05) is 0 Å². The van der Waals surface area contributed by atoms with Crippen molar-refractivity contribution in [2.24, 2.45) is 0 Å². The molecule has 0 aliphatic carbocycles. The Morgan fingerprint density at radius 3 is 2.78 bits per heavy atom. The van der Waals surface area contributed by atoms with Gasteiger partial charge >= 0.3 is 0 Å². The number of likely N-dealkylation sites (tertiary alicyclic amines) is 1. The molecule has 1 aliphatic heterocycles. The molecule has 0 saturated carbocycles. The fraction of sp³-hybridized carbons (Fsp3) is 0.917. The molecule has 18 heavy (non-hydrogen) atoms. The summed E-state index contributed by atoms with van der Waals surface area (Å²) >= 11 is 0. The number of amides is 1. The van der Waals surface area contributed by atoms with E-state index in [9.17, 15) is 4.79 Å². The number of ether oxygens (including phenoxy) is 2. The predicted molar refractivity (Wildman–Crippen MR) is 73.2 cm³/mol. The molecule has 1 aliphatic rings. The maximum Gasteiger partial charge on any atom is 0.248 e. The van der Waals surface area contributed by atoms with E-state index in [4.69, 9.17) is 9.47 Å². The Labute approximate surface area is 116 Å². The summed E-state index contributed by atoms with van der Waals surface area (Å²) in [6.45, 7) is 5.58. The van der Waals surface area contributed by atoms with Gasteiger partial charge in [-0.05, 0) is 26.8 Å². The second-order valence-corrected chi connectivity index (χ2v) is 4.19. The van der Waals surface area contributed by atoms with Gasteiger partial charge in [0.1, 0.15) is 6.61 Å². The summed E-state index contributed by atoms with van der Waals surface area (Å²) < 4.78 is 10.4. The third-order valence-electron chi connectivity index (χ3n) is 2.94. The molecule has 1 unspecified atom stereocenters. The first kappa shape index (κ1) is 17.6. The third kappa shape index (κ3) is 6.00. The van der Waals surface area contributed by atoms with Crippen molar-refractivity contribution in [2.75, 3.05) is 46.6 Å². The van der Waals surface area contributed by atoms with Gasteiger partial charge in [-0.3, -0.25) is 4.79 Å². The van der Waals surface area contributed by atoms with Gasteiger partial charge in [0, 0.05) is 25.7 Å². The van der Waals surface area contributed by atoms with Crippen LogP contribution in [-0.4, -0.2) is 63.4 Å². The third-order valence-corrected chi connectivity index (χ3v) is 2.94. The van der Waals surface area contributed by atoms with Crippen LogP contribution >= 0.6 is 12.4 Å². The molecule has 0 aromatic rings. The van der Waals surface area contributed by atoms with E-state index in [1.54, 1.807) is 0 Å². The number of nitrogens with one attached hydrogen (secondary N) is 1. The Kier molecular flexibility index (Phi) is 10.3. The van der Waals surface area contributed by atoms with Crippen molar-refractivity contribution in [3.05, 3.63) is 0 Å². The fourth-order valence-corrected chi connectivity index (χ4v) is 2.12. The normalized spacial score (nSPS) is 18.8. The molecule has 1 atom stereocenters. The highest BCUT2D eigenvalue weighted by molar-refractivity contribution is 5.85. The molecule has 0 aromatic heterocycles. The molecular formula is C12H25ClN2O3. The average Bonchev–Trinajstić information content (AvgIpc) is 2.77. The number of hydrogen-bond acceptors (Lipinski definition) is 4. The van der Waals surface area contributed by atoms with Crippen molar-refractivity contribution in [3.63, 3.8) is 0 Å². The average molecular weight is 281 g/mol. The second kappa shape index (κ2) is 10.6. The van der Waals surface area contributed by atoms with Crippen molar-refractivity contribution < 1.29 is 14.3 Å². The first-order chi connectivity index (χ1) is 8.29. The zero-order valence-electron chi connectivity index (χ0n) is 11.3. The SMILES string of the molecule is CCOCCOCC(=O)N1CCCC1CNC.Cl. The second-order valence-electron chi connectivity index (χ2n) is 4.19. The molecule has 5 nitrogen and oxygen atoms in total. The molecule has 108 valence electrons. The molecule has 1 N–H and O–H groups in total. The molecule has 1 fully saturated rings. The van der Waals surface area contributed by atoms with Crippen LogP contribution in [0.1, 0.15) is 19.8 Å². The van der Waals surface area contributed by atoms with Crippen LogP contribution in [-0.2, 0) is 14.3 Å². The zero-order chi connectivity index (χ0) is 12.5. The molecule has 0 bridgehead atoms. The van der Waals surface area contributed by atoms with E-state index in [1.165, 1.54) is 0 Å². The van der Waals surface area contributed by atoms with Gasteiger partial charge in [0.25, 0.3) is 0 Å². The number of likely N-dealkylation sites (N-methyl/N-ethyl adjacent to an activating group) is 1. The van der Waals surface area contributed by atoms with Gasteiger partial charge < -0.3 is 19.7 Å². The van der Waals surface area contributed by atoms with Crippen LogP contribution in [0, 0.1) is 0 Å². The number of rotatable bonds is 8. The molecule has 1 saturated heterocycles. The van der Waals surface area contributed by atoms with Crippen LogP contribution in [0.4, 0.5) is 0 Å². The van der Waals surface area contributed by atoms with Crippen LogP contribution in [0.2, 0.25) is 0 Å². The van der Waals surface area contributed by atoms with E-state index in [0.29, 0.717) is 25.9 Å². The van der Waals surface area contributed by atoms with Gasteiger partial charge in [-0.2, -0.15) is 0 Å². The van der Waals surface area contributed by atoms with Crippen LogP contribution < -0.4 is 5.32 Å². The fourth-order valence-electron chi connectivity index (χ4n) is 2.12. The summed E-state index contributed by atoms with van der Waals surface area (Å²) in [5.41, 5.74) is 0. The first-order valence-electron chi connectivity index (χ1n) is 6.39. The van der Waals surface area contributed by atoms with Gasteiger partial charge in [-0.15, -0.1) is 12.4 Å². The minimum Gasteiger partial charge on any atom is -0.379 e. The molecule has 0 radical (unpaired) electrons. The highest BCUT2D eigenvalue weighted by atomic mass is 35.5. The zero-order valence-corrected chi connectivity index (χ0v) is 12.1. The van der Waals surface area contributed by atoms with Crippen molar-refractivity contribution >= 4 is 18.3 Å². The van der Waals surface area contributed by atoms with E-state index < -0.39 is 0 Å². The molecule has 1 rings (SSSR count). The van der Waals surface area contributed by atoms with Crippen LogP contribution in [0.3, 0.4) is 0 Å². The summed E-state index contributed by atoms with van der Waals surface area (Å²) in [6.07, 6.45) is 2.18. The summed E-state index contributed by atoms with van der Waals surface area (Å²) in [5, 5.41) is 3.12. The smallest absolute Gasteiger partial charge is 0.248 e. The minimum absolute atomic E-state index is 0. The van der Waals surface area contributed by atoms with E-state index in [0.717, 1.165) is 25.9 Å². The largest absolute Gasteiger partial charge is 0.379 e. The van der Waals surface area contributed by atoms with Crippen LogP contribution in [0.15, 0.2) is 0 Å². The lowest BCUT2D eigenvalue weighted by Crippen LogP contribution is -2.42. The lowest BCUT2D eigenvalue weighted by atomic mass is 10.2. The Bertz CT molecular complexity index is 229. The van der Waals surface area contributed by atoms with E-state index in [2.05, 4.69) is 5.32 Å². The molecule has 0 spiro atoms. The van der Waals surface area contributed by atoms with Crippen molar-refractivity contribution in [3.8, 4) is 0 Å². The number of carbonyl (C=O) groups is 1. The molecule has 1 amide bonds. The Hall–Kier alpha value is -0.360. The maximum absolute atomic E-state index is 11.9. The van der Waals surface area contributed by atoms with Gasteiger partial charge in [-0.25, -0.2) is 0 Å². The van der Waals surface area contributed by atoms with Gasteiger partial charge in [0.15, 0.2) is 0 Å². The molecular weight excluding hydrogens is 256 g/mol. The van der Waals surface area contributed by atoms with Crippen LogP contribution in [0.25, 0.3) is 0 Å². The number of carbonyl (C=O) groups excluding carboxylic acids is 1. The minimum atomic E-state index is 0. The van der Waals surface area contributed by atoms with Crippen molar-refractivity contribution in [2.45, 2.75) is 25.8 Å². The number of nitrogens with zero attached hydrogens (tertiary/aromatic N) is 1.